The van der Waals surface area contributed by atoms with Gasteiger partial charge in [0.05, 0.1) is 0 Å². The molecule has 0 unspecified atom stereocenters. The Morgan fingerprint density at radius 1 is 1.00 bits per heavy atom. The normalized spacial score (nSPS) is 14.1. The van der Waals surface area contributed by atoms with Gasteiger partial charge in [-0.25, -0.2) is 4.39 Å². The van der Waals surface area contributed by atoms with Gasteiger partial charge in [0.15, 0.2) is 0 Å². The largest absolute Gasteiger partial charge is 0.368 e. The van der Waals surface area contributed by atoms with Gasteiger partial charge in [-0.15, -0.1) is 0 Å². The second kappa shape index (κ2) is 9.07. The molecule has 29 heavy (non-hydrogen) atoms. The molecule has 3 rings (SSSR count). The van der Waals surface area contributed by atoms with Gasteiger partial charge in [-0.05, 0) is 37.1 Å². The molecule has 154 valence electrons. The molecule has 0 radical (unpaired) electrons. The summed E-state index contributed by atoms with van der Waals surface area (Å²) < 4.78 is 13.9. The van der Waals surface area contributed by atoms with Gasteiger partial charge in [0.2, 0.25) is 11.8 Å². The minimum atomic E-state index is -0.367. The van der Waals surface area contributed by atoms with Crippen molar-refractivity contribution in [3.8, 4) is 0 Å². The molecule has 0 atom stereocenters. The summed E-state index contributed by atoms with van der Waals surface area (Å²) in [6.45, 7) is 8.41. The highest BCUT2D eigenvalue weighted by Crippen LogP contribution is 2.24. The van der Waals surface area contributed by atoms with Crippen LogP contribution in [0.15, 0.2) is 42.5 Å². The maximum absolute atomic E-state index is 13.9. The number of hydrogen-bond donors (Lipinski definition) is 0. The van der Waals surface area contributed by atoms with E-state index in [2.05, 4.69) is 36.9 Å². The number of carbonyl (C=O) groups is 2. The molecule has 0 aromatic heterocycles. The fourth-order valence-corrected chi connectivity index (χ4v) is 3.65. The van der Waals surface area contributed by atoms with Gasteiger partial charge in [0, 0.05) is 50.9 Å². The second-order valence-electron chi connectivity index (χ2n) is 7.55. The number of benzene rings is 2. The summed E-state index contributed by atoms with van der Waals surface area (Å²) in [5.74, 6) is -0.707. The van der Waals surface area contributed by atoms with Crippen molar-refractivity contribution in [3.63, 3.8) is 0 Å². The van der Waals surface area contributed by atoms with Gasteiger partial charge < -0.3 is 14.7 Å². The summed E-state index contributed by atoms with van der Waals surface area (Å²) >= 11 is 0. The van der Waals surface area contributed by atoms with Gasteiger partial charge in [-0.3, -0.25) is 9.59 Å². The van der Waals surface area contributed by atoms with Crippen LogP contribution in [-0.4, -0.2) is 54.3 Å². The van der Waals surface area contributed by atoms with Crippen LogP contribution in [0.1, 0.15) is 23.6 Å². The smallest absolute Gasteiger partial charge is 0.242 e. The molecular formula is C23H28FN3O2. The van der Waals surface area contributed by atoms with E-state index in [1.165, 1.54) is 34.7 Å². The SMILES string of the molecule is CC(=O)N(CC(=O)N1CCN(c2cccc(C)c2C)CC1)Cc1ccccc1F. The highest BCUT2D eigenvalue weighted by Gasteiger charge is 2.25. The Hall–Kier alpha value is -2.89. The number of hydrogen-bond acceptors (Lipinski definition) is 3. The first-order chi connectivity index (χ1) is 13.9. The lowest BCUT2D eigenvalue weighted by Crippen LogP contribution is -2.51. The lowest BCUT2D eigenvalue weighted by Gasteiger charge is -2.37. The molecule has 1 heterocycles. The van der Waals surface area contributed by atoms with Crippen molar-refractivity contribution in [3.05, 3.63) is 65.0 Å². The highest BCUT2D eigenvalue weighted by molar-refractivity contribution is 5.84. The summed E-state index contributed by atoms with van der Waals surface area (Å²) in [6, 6.07) is 12.6. The number of amides is 2. The Balaban J connectivity index is 1.60. The van der Waals surface area contributed by atoms with Gasteiger partial charge in [0.1, 0.15) is 12.4 Å². The van der Waals surface area contributed by atoms with Crippen molar-refractivity contribution in [2.75, 3.05) is 37.6 Å². The van der Waals surface area contributed by atoms with E-state index >= 15 is 0 Å². The first-order valence-electron chi connectivity index (χ1n) is 9.94. The van der Waals surface area contributed by atoms with E-state index in [1.807, 2.05) is 0 Å². The molecule has 2 aromatic rings. The summed E-state index contributed by atoms with van der Waals surface area (Å²) in [5, 5.41) is 0. The molecule has 6 heteroatoms. The maximum Gasteiger partial charge on any atom is 0.242 e. The number of nitrogens with zero attached hydrogens (tertiary/aromatic N) is 3. The third-order valence-corrected chi connectivity index (χ3v) is 5.64. The van der Waals surface area contributed by atoms with Crippen molar-refractivity contribution >= 4 is 17.5 Å². The zero-order valence-electron chi connectivity index (χ0n) is 17.3. The molecule has 0 bridgehead atoms. The van der Waals surface area contributed by atoms with E-state index in [9.17, 15) is 14.0 Å². The first-order valence-corrected chi connectivity index (χ1v) is 9.94. The average Bonchev–Trinajstić information content (AvgIpc) is 2.71. The number of anilines is 1. The first kappa shape index (κ1) is 20.8. The van der Waals surface area contributed by atoms with Gasteiger partial charge in [0.25, 0.3) is 0 Å². The van der Waals surface area contributed by atoms with Crippen molar-refractivity contribution in [2.24, 2.45) is 0 Å². The van der Waals surface area contributed by atoms with E-state index in [-0.39, 0.29) is 30.7 Å². The Bertz CT molecular complexity index is 891. The molecule has 0 spiro atoms. The number of halogens is 1. The number of rotatable bonds is 5. The Morgan fingerprint density at radius 2 is 1.69 bits per heavy atom. The van der Waals surface area contributed by atoms with Crippen molar-refractivity contribution in [1.29, 1.82) is 0 Å². The predicted octanol–water partition coefficient (Wildman–Crippen LogP) is 3.14. The van der Waals surface area contributed by atoms with Crippen LogP contribution in [-0.2, 0) is 16.1 Å². The maximum atomic E-state index is 13.9. The van der Waals surface area contributed by atoms with Crippen LogP contribution < -0.4 is 4.90 Å². The molecule has 1 saturated heterocycles. The van der Waals surface area contributed by atoms with Crippen molar-refractivity contribution in [2.45, 2.75) is 27.3 Å². The second-order valence-corrected chi connectivity index (χ2v) is 7.55. The van der Waals surface area contributed by atoms with Gasteiger partial charge >= 0.3 is 0 Å². The minimum Gasteiger partial charge on any atom is -0.368 e. The van der Waals surface area contributed by atoms with E-state index in [0.717, 1.165) is 13.1 Å². The van der Waals surface area contributed by atoms with Gasteiger partial charge in [-0.1, -0.05) is 30.3 Å². The van der Waals surface area contributed by atoms with E-state index in [0.29, 0.717) is 18.7 Å². The summed E-state index contributed by atoms with van der Waals surface area (Å²) in [4.78, 5) is 30.3. The average molecular weight is 397 g/mol. The molecular weight excluding hydrogens is 369 g/mol. The molecule has 1 aliphatic rings. The number of aryl methyl sites for hydroxylation is 1. The van der Waals surface area contributed by atoms with Crippen molar-refractivity contribution < 1.29 is 14.0 Å². The molecule has 1 fully saturated rings. The lowest BCUT2D eigenvalue weighted by molar-refractivity contribution is -0.140. The topological polar surface area (TPSA) is 43.9 Å². The van der Waals surface area contributed by atoms with Crippen LogP contribution >= 0.6 is 0 Å². The van der Waals surface area contributed by atoms with Crippen LogP contribution in [0.3, 0.4) is 0 Å². The molecule has 2 amide bonds. The van der Waals surface area contributed by atoms with E-state index in [4.69, 9.17) is 0 Å². The number of piperazine rings is 1. The van der Waals surface area contributed by atoms with Crippen LogP contribution in [0.2, 0.25) is 0 Å². The monoisotopic (exact) mass is 397 g/mol. The molecule has 0 N–H and O–H groups in total. The minimum absolute atomic E-state index is 0.0346. The Labute approximate surface area is 171 Å². The van der Waals surface area contributed by atoms with E-state index < -0.39 is 0 Å². The van der Waals surface area contributed by atoms with Crippen LogP contribution in [0.5, 0.6) is 0 Å². The molecule has 5 nitrogen and oxygen atoms in total. The van der Waals surface area contributed by atoms with E-state index in [1.54, 1.807) is 23.1 Å². The quantitative estimate of drug-likeness (QED) is 0.779. The summed E-state index contributed by atoms with van der Waals surface area (Å²) in [7, 11) is 0. The third-order valence-electron chi connectivity index (χ3n) is 5.64. The zero-order valence-corrected chi connectivity index (χ0v) is 17.3. The third kappa shape index (κ3) is 4.94. The molecule has 2 aromatic carbocycles. The Kier molecular flexibility index (Phi) is 6.52. The highest BCUT2D eigenvalue weighted by atomic mass is 19.1. The molecule has 1 aliphatic heterocycles. The molecule has 0 aliphatic carbocycles. The zero-order chi connectivity index (χ0) is 21.0. The summed E-state index contributed by atoms with van der Waals surface area (Å²) in [5.41, 5.74) is 4.14. The lowest BCUT2D eigenvalue weighted by atomic mass is 10.1. The van der Waals surface area contributed by atoms with Crippen LogP contribution in [0.4, 0.5) is 10.1 Å². The Morgan fingerprint density at radius 3 is 2.34 bits per heavy atom. The van der Waals surface area contributed by atoms with Crippen LogP contribution in [0, 0.1) is 19.7 Å². The summed E-state index contributed by atoms with van der Waals surface area (Å²) in [6.07, 6.45) is 0. The number of carbonyl (C=O) groups excluding carboxylic acids is 2. The fraction of sp³-hybridized carbons (Fsp3) is 0.391. The predicted molar refractivity (Wildman–Crippen MR) is 112 cm³/mol. The van der Waals surface area contributed by atoms with Crippen LogP contribution in [0.25, 0.3) is 0 Å². The molecule has 0 saturated carbocycles. The standard InChI is InChI=1S/C23H28FN3O2/c1-17-7-6-10-22(18(17)2)25-11-13-26(14-12-25)23(29)16-27(19(3)28)15-20-8-4-5-9-21(20)24/h4-10H,11-16H2,1-3H3. The van der Waals surface area contributed by atoms with Gasteiger partial charge in [-0.2, -0.15) is 0 Å². The van der Waals surface area contributed by atoms with Crippen molar-refractivity contribution in [1.82, 2.24) is 9.80 Å². The fourth-order valence-electron chi connectivity index (χ4n) is 3.65.